The van der Waals surface area contributed by atoms with Crippen LogP contribution in [-0.4, -0.2) is 25.4 Å². The third-order valence-electron chi connectivity index (χ3n) is 2.78. The van der Waals surface area contributed by atoms with Crippen molar-refractivity contribution in [3.05, 3.63) is 58.6 Å². The Kier molecular flexibility index (Phi) is 6.29. The lowest BCUT2D eigenvalue weighted by Crippen LogP contribution is -2.13. The first-order chi connectivity index (χ1) is 10.2. The van der Waals surface area contributed by atoms with Gasteiger partial charge in [-0.25, -0.2) is 0 Å². The Morgan fingerprint density at radius 2 is 1.90 bits per heavy atom. The van der Waals surface area contributed by atoms with Gasteiger partial charge in [0.15, 0.2) is 0 Å². The molecule has 0 aromatic heterocycles. The smallest absolute Gasteiger partial charge is 0.256 e. The Balaban J connectivity index is 2.09. The fourth-order valence-electron chi connectivity index (χ4n) is 1.75. The number of carbonyl (C=O) groups excluding carboxylic acids is 1. The van der Waals surface area contributed by atoms with Crippen molar-refractivity contribution in [3.63, 3.8) is 0 Å². The molecular weight excluding hydrogens is 350 g/mol. The average Bonchev–Trinajstić information content (AvgIpc) is 2.50. The van der Waals surface area contributed by atoms with E-state index in [0.29, 0.717) is 12.2 Å². The first-order valence-corrected chi connectivity index (χ1v) is 8.26. The van der Waals surface area contributed by atoms with Gasteiger partial charge in [0.05, 0.1) is 12.2 Å². The van der Waals surface area contributed by atoms with Gasteiger partial charge in [0.2, 0.25) is 0 Å². The van der Waals surface area contributed by atoms with Crippen molar-refractivity contribution >= 4 is 39.3 Å². The van der Waals surface area contributed by atoms with Crippen LogP contribution in [0.4, 0.5) is 5.69 Å². The lowest BCUT2D eigenvalue weighted by molar-refractivity contribution is 0.102. The van der Waals surface area contributed by atoms with Gasteiger partial charge in [-0.2, -0.15) is 0 Å². The van der Waals surface area contributed by atoms with Crippen LogP contribution in [0.2, 0.25) is 0 Å². The lowest BCUT2D eigenvalue weighted by atomic mass is 10.2. The van der Waals surface area contributed by atoms with Crippen LogP contribution >= 0.6 is 27.7 Å². The topological polar surface area (TPSA) is 38.3 Å². The molecule has 0 aliphatic rings. The molecule has 0 heterocycles. The predicted molar refractivity (Wildman–Crippen MR) is 91.1 cm³/mol. The molecule has 1 N–H and O–H groups in total. The maximum atomic E-state index is 12.4. The molecule has 0 atom stereocenters. The summed E-state index contributed by atoms with van der Waals surface area (Å²) >= 11 is 5.00. The van der Waals surface area contributed by atoms with Gasteiger partial charge < -0.3 is 10.1 Å². The second-order valence-electron chi connectivity index (χ2n) is 4.30. The van der Waals surface area contributed by atoms with Crippen molar-refractivity contribution in [2.75, 3.05) is 24.8 Å². The molecule has 0 saturated heterocycles. The second kappa shape index (κ2) is 8.22. The highest BCUT2D eigenvalue weighted by Crippen LogP contribution is 2.23. The molecule has 110 valence electrons. The molecule has 0 unspecified atom stereocenters. The lowest BCUT2D eigenvalue weighted by Gasteiger charge is -2.10. The summed E-state index contributed by atoms with van der Waals surface area (Å²) in [5.41, 5.74) is 1.46. The largest absolute Gasteiger partial charge is 0.384 e. The van der Waals surface area contributed by atoms with Gasteiger partial charge in [0.1, 0.15) is 0 Å². The molecule has 0 aliphatic carbocycles. The quantitative estimate of drug-likeness (QED) is 0.607. The maximum absolute atomic E-state index is 12.4. The number of hydrogen-bond donors (Lipinski definition) is 1. The zero-order valence-electron chi connectivity index (χ0n) is 11.6. The summed E-state index contributed by atoms with van der Waals surface area (Å²) in [5.74, 6) is 0.719. The summed E-state index contributed by atoms with van der Waals surface area (Å²) in [6, 6.07) is 15.1. The van der Waals surface area contributed by atoms with Gasteiger partial charge >= 0.3 is 0 Å². The molecule has 0 spiro atoms. The van der Waals surface area contributed by atoms with E-state index in [4.69, 9.17) is 4.74 Å². The number of benzene rings is 2. The Morgan fingerprint density at radius 3 is 2.62 bits per heavy atom. The van der Waals surface area contributed by atoms with Crippen LogP contribution in [0.25, 0.3) is 0 Å². The SMILES string of the molecule is COCCSc1ccccc1C(=O)Nc1ccc(Br)cc1. The molecule has 0 radical (unpaired) electrons. The van der Waals surface area contributed by atoms with E-state index < -0.39 is 0 Å². The number of thioether (sulfide) groups is 1. The average molecular weight is 366 g/mol. The van der Waals surface area contributed by atoms with Crippen molar-refractivity contribution < 1.29 is 9.53 Å². The molecule has 2 aromatic rings. The number of nitrogens with one attached hydrogen (secondary N) is 1. The molecule has 0 fully saturated rings. The molecule has 1 amide bonds. The van der Waals surface area contributed by atoms with Gasteiger partial charge in [-0.05, 0) is 36.4 Å². The molecule has 0 aliphatic heterocycles. The summed E-state index contributed by atoms with van der Waals surface area (Å²) in [4.78, 5) is 13.3. The van der Waals surface area contributed by atoms with E-state index in [0.717, 1.165) is 20.8 Å². The first-order valence-electron chi connectivity index (χ1n) is 6.48. The van der Waals surface area contributed by atoms with Crippen LogP contribution in [0, 0.1) is 0 Å². The van der Waals surface area contributed by atoms with Crippen LogP contribution in [0.5, 0.6) is 0 Å². The number of rotatable bonds is 6. The maximum Gasteiger partial charge on any atom is 0.256 e. The normalized spacial score (nSPS) is 10.4. The molecule has 5 heteroatoms. The number of ether oxygens (including phenoxy) is 1. The molecule has 2 rings (SSSR count). The fourth-order valence-corrected chi connectivity index (χ4v) is 2.97. The van der Waals surface area contributed by atoms with Crippen LogP contribution in [-0.2, 0) is 4.74 Å². The molecule has 21 heavy (non-hydrogen) atoms. The molecular formula is C16H16BrNO2S. The van der Waals surface area contributed by atoms with E-state index in [-0.39, 0.29) is 5.91 Å². The van der Waals surface area contributed by atoms with Gasteiger partial charge in [0.25, 0.3) is 5.91 Å². The Labute approximate surface area is 137 Å². The van der Waals surface area contributed by atoms with Crippen molar-refractivity contribution in [3.8, 4) is 0 Å². The van der Waals surface area contributed by atoms with Gasteiger partial charge in [-0.15, -0.1) is 11.8 Å². The second-order valence-corrected chi connectivity index (χ2v) is 6.35. The van der Waals surface area contributed by atoms with Crippen molar-refractivity contribution in [2.24, 2.45) is 0 Å². The minimum atomic E-state index is -0.0992. The summed E-state index contributed by atoms with van der Waals surface area (Å²) in [6.07, 6.45) is 0. The van der Waals surface area contributed by atoms with Crippen LogP contribution in [0.3, 0.4) is 0 Å². The third kappa shape index (κ3) is 4.88. The van der Waals surface area contributed by atoms with Crippen molar-refractivity contribution in [1.82, 2.24) is 0 Å². The van der Waals surface area contributed by atoms with E-state index in [2.05, 4.69) is 21.2 Å². The fraction of sp³-hybridized carbons (Fsp3) is 0.188. The van der Waals surface area contributed by atoms with E-state index in [1.165, 1.54) is 0 Å². The van der Waals surface area contributed by atoms with E-state index in [1.54, 1.807) is 18.9 Å². The number of hydrogen-bond acceptors (Lipinski definition) is 3. The molecule has 0 bridgehead atoms. The van der Waals surface area contributed by atoms with Crippen LogP contribution in [0.15, 0.2) is 57.9 Å². The number of anilines is 1. The predicted octanol–water partition coefficient (Wildman–Crippen LogP) is 4.44. The van der Waals surface area contributed by atoms with E-state index in [9.17, 15) is 4.79 Å². The van der Waals surface area contributed by atoms with Crippen LogP contribution < -0.4 is 5.32 Å². The number of halogens is 1. The first kappa shape index (κ1) is 16.1. The summed E-state index contributed by atoms with van der Waals surface area (Å²) < 4.78 is 6.03. The monoisotopic (exact) mass is 365 g/mol. The minimum absolute atomic E-state index is 0.0992. The zero-order valence-corrected chi connectivity index (χ0v) is 14.0. The van der Waals surface area contributed by atoms with Crippen LogP contribution in [0.1, 0.15) is 10.4 Å². The van der Waals surface area contributed by atoms with Crippen molar-refractivity contribution in [1.29, 1.82) is 0 Å². The van der Waals surface area contributed by atoms with Gasteiger partial charge in [-0.1, -0.05) is 28.1 Å². The van der Waals surface area contributed by atoms with Crippen molar-refractivity contribution in [2.45, 2.75) is 4.90 Å². The molecule has 2 aromatic carbocycles. The number of carbonyl (C=O) groups is 1. The highest BCUT2D eigenvalue weighted by molar-refractivity contribution is 9.10. The highest BCUT2D eigenvalue weighted by Gasteiger charge is 2.11. The minimum Gasteiger partial charge on any atom is -0.384 e. The standard InChI is InChI=1S/C16H16BrNO2S/c1-20-10-11-21-15-5-3-2-4-14(15)16(19)18-13-8-6-12(17)7-9-13/h2-9H,10-11H2,1H3,(H,18,19). The van der Waals surface area contributed by atoms with Gasteiger partial charge in [-0.3, -0.25) is 4.79 Å². The Hall–Kier alpha value is -1.30. The summed E-state index contributed by atoms with van der Waals surface area (Å²) in [5, 5.41) is 2.91. The molecule has 3 nitrogen and oxygen atoms in total. The third-order valence-corrected chi connectivity index (χ3v) is 4.35. The van der Waals surface area contributed by atoms with Gasteiger partial charge in [0, 0.05) is 27.9 Å². The molecule has 0 saturated carbocycles. The number of methoxy groups -OCH3 is 1. The summed E-state index contributed by atoms with van der Waals surface area (Å²) in [6.45, 7) is 0.660. The summed E-state index contributed by atoms with van der Waals surface area (Å²) in [7, 11) is 1.67. The Bertz CT molecular complexity index is 601. The zero-order chi connectivity index (χ0) is 15.1. The number of amides is 1. The van der Waals surface area contributed by atoms with E-state index in [1.807, 2.05) is 48.5 Å². The Morgan fingerprint density at radius 1 is 1.19 bits per heavy atom. The highest BCUT2D eigenvalue weighted by atomic mass is 79.9. The van der Waals surface area contributed by atoms with E-state index >= 15 is 0 Å².